The number of nitrogens with zero attached hydrogens (tertiary/aromatic N) is 2. The summed E-state index contributed by atoms with van der Waals surface area (Å²) >= 11 is 0. The Labute approximate surface area is 112 Å². The van der Waals surface area contributed by atoms with Crippen LogP contribution in [-0.2, 0) is 4.74 Å². The van der Waals surface area contributed by atoms with Gasteiger partial charge in [-0.15, -0.1) is 0 Å². The summed E-state index contributed by atoms with van der Waals surface area (Å²) in [4.78, 5) is 8.82. The number of ether oxygens (including phenoxy) is 1. The van der Waals surface area contributed by atoms with Crippen molar-refractivity contribution in [3.8, 4) is 0 Å². The molecule has 7 nitrogen and oxygen atoms in total. The highest BCUT2D eigenvalue weighted by Crippen LogP contribution is 2.38. The highest BCUT2D eigenvalue weighted by atomic mass is 16.5. The van der Waals surface area contributed by atoms with Crippen LogP contribution in [0.5, 0.6) is 0 Å². The number of nitrogens with two attached hydrogens (primary N) is 1. The number of hydrogen-bond acceptors (Lipinski definition) is 7. The van der Waals surface area contributed by atoms with Crippen molar-refractivity contribution in [2.24, 2.45) is 5.84 Å². The fourth-order valence-corrected chi connectivity index (χ4v) is 1.71. The Morgan fingerprint density at radius 3 is 2.79 bits per heavy atom. The van der Waals surface area contributed by atoms with Gasteiger partial charge in [-0.05, 0) is 19.3 Å². The molecular weight excluding hydrogens is 246 g/mol. The molecule has 1 saturated carbocycles. The van der Waals surface area contributed by atoms with Crippen molar-refractivity contribution in [1.82, 2.24) is 9.97 Å². The van der Waals surface area contributed by atoms with Crippen LogP contribution in [0.25, 0.3) is 0 Å². The largest absolute Gasteiger partial charge is 0.394 e. The number of nitrogens with one attached hydrogen (secondary N) is 2. The van der Waals surface area contributed by atoms with Crippen molar-refractivity contribution in [3.63, 3.8) is 0 Å². The maximum atomic E-state index is 8.57. The summed E-state index contributed by atoms with van der Waals surface area (Å²) in [7, 11) is 0. The number of aliphatic hydroxyl groups is 1. The van der Waals surface area contributed by atoms with Crippen molar-refractivity contribution >= 4 is 11.6 Å². The first-order chi connectivity index (χ1) is 9.33. The van der Waals surface area contributed by atoms with Crippen molar-refractivity contribution in [3.05, 3.63) is 11.9 Å². The second kappa shape index (κ2) is 7.22. The lowest BCUT2D eigenvalue weighted by molar-refractivity contribution is 0.0922. The first-order valence-electron chi connectivity index (χ1n) is 6.61. The van der Waals surface area contributed by atoms with Gasteiger partial charge < -0.3 is 20.6 Å². The Morgan fingerprint density at radius 2 is 2.11 bits per heavy atom. The van der Waals surface area contributed by atoms with E-state index in [-0.39, 0.29) is 6.61 Å². The zero-order chi connectivity index (χ0) is 13.5. The van der Waals surface area contributed by atoms with E-state index in [1.165, 1.54) is 0 Å². The van der Waals surface area contributed by atoms with Gasteiger partial charge in [0.05, 0.1) is 13.2 Å². The summed E-state index contributed by atoms with van der Waals surface area (Å²) in [6.45, 7) is 1.84. The molecule has 1 fully saturated rings. The fourth-order valence-electron chi connectivity index (χ4n) is 1.71. The number of nitrogen functional groups attached to an aromatic ring is 1. The molecule has 0 unspecified atom stereocenters. The molecule has 0 amide bonds. The lowest BCUT2D eigenvalue weighted by atomic mass is 10.3. The number of aromatic nitrogens is 2. The van der Waals surface area contributed by atoms with E-state index >= 15 is 0 Å². The van der Waals surface area contributed by atoms with Gasteiger partial charge in [0.2, 0.25) is 0 Å². The molecule has 1 aliphatic rings. The van der Waals surface area contributed by atoms with Crippen LogP contribution in [0.1, 0.15) is 31.0 Å². The molecule has 0 saturated heterocycles. The van der Waals surface area contributed by atoms with E-state index in [2.05, 4.69) is 20.7 Å². The molecule has 0 radical (unpaired) electrons. The molecule has 0 spiro atoms. The molecule has 0 aromatic carbocycles. The number of anilines is 2. The van der Waals surface area contributed by atoms with Gasteiger partial charge in [0.25, 0.3) is 0 Å². The summed E-state index contributed by atoms with van der Waals surface area (Å²) in [5.41, 5.74) is 2.57. The average molecular weight is 267 g/mol. The SMILES string of the molecule is NNc1cc(NCCCOCCO)nc(C2CC2)n1. The van der Waals surface area contributed by atoms with Crippen LogP contribution in [0.3, 0.4) is 0 Å². The Bertz CT molecular complexity index is 398. The molecule has 0 aliphatic heterocycles. The van der Waals surface area contributed by atoms with Crippen LogP contribution < -0.4 is 16.6 Å². The summed E-state index contributed by atoms with van der Waals surface area (Å²) < 4.78 is 5.18. The van der Waals surface area contributed by atoms with E-state index < -0.39 is 0 Å². The third-order valence-corrected chi connectivity index (χ3v) is 2.84. The van der Waals surface area contributed by atoms with Crippen LogP contribution in [0.4, 0.5) is 11.6 Å². The Balaban J connectivity index is 1.80. The summed E-state index contributed by atoms with van der Waals surface area (Å²) in [5, 5.41) is 11.8. The lowest BCUT2D eigenvalue weighted by Gasteiger charge is -2.09. The third-order valence-electron chi connectivity index (χ3n) is 2.84. The van der Waals surface area contributed by atoms with Crippen LogP contribution >= 0.6 is 0 Å². The third kappa shape index (κ3) is 4.62. The van der Waals surface area contributed by atoms with Gasteiger partial charge in [0.1, 0.15) is 17.5 Å². The standard InChI is InChI=1S/C12H21N5O2/c13-17-11-8-10(14-4-1-6-19-7-5-18)15-12(16-11)9-2-3-9/h8-9,18H,1-7,13H2,(H2,14,15,16,17). The zero-order valence-electron chi connectivity index (χ0n) is 10.9. The minimum Gasteiger partial charge on any atom is -0.394 e. The fraction of sp³-hybridized carbons (Fsp3) is 0.667. The highest BCUT2D eigenvalue weighted by Gasteiger charge is 2.27. The molecule has 1 aromatic heterocycles. The molecule has 0 bridgehead atoms. The predicted molar refractivity (Wildman–Crippen MR) is 72.8 cm³/mol. The van der Waals surface area contributed by atoms with E-state index in [1.807, 2.05) is 0 Å². The molecule has 106 valence electrons. The smallest absolute Gasteiger partial charge is 0.145 e. The van der Waals surface area contributed by atoms with E-state index in [4.69, 9.17) is 15.7 Å². The minimum atomic E-state index is 0.0651. The predicted octanol–water partition coefficient (Wildman–Crippen LogP) is 0.450. The van der Waals surface area contributed by atoms with E-state index in [0.29, 0.717) is 24.9 Å². The number of rotatable bonds is 9. The Morgan fingerprint density at radius 1 is 1.32 bits per heavy atom. The second-order valence-electron chi connectivity index (χ2n) is 4.53. The van der Waals surface area contributed by atoms with Crippen molar-refractivity contribution in [2.75, 3.05) is 37.1 Å². The molecule has 7 heteroatoms. The highest BCUT2D eigenvalue weighted by molar-refractivity contribution is 5.47. The van der Waals surface area contributed by atoms with Crippen LogP contribution in [-0.4, -0.2) is 41.4 Å². The van der Waals surface area contributed by atoms with E-state index in [0.717, 1.165) is 37.4 Å². The van der Waals surface area contributed by atoms with Crippen LogP contribution in [0.15, 0.2) is 6.07 Å². The monoisotopic (exact) mass is 267 g/mol. The topological polar surface area (TPSA) is 105 Å². The molecule has 5 N–H and O–H groups in total. The average Bonchev–Trinajstić information content (AvgIpc) is 3.27. The normalized spacial score (nSPS) is 14.4. The lowest BCUT2D eigenvalue weighted by Crippen LogP contribution is -2.13. The van der Waals surface area contributed by atoms with Gasteiger partial charge in [-0.3, -0.25) is 0 Å². The molecule has 1 aromatic rings. The Kier molecular flexibility index (Phi) is 5.31. The number of hydrazine groups is 1. The van der Waals surface area contributed by atoms with Crippen molar-refractivity contribution in [2.45, 2.75) is 25.2 Å². The van der Waals surface area contributed by atoms with E-state index in [1.54, 1.807) is 6.07 Å². The zero-order valence-corrected chi connectivity index (χ0v) is 10.9. The maximum Gasteiger partial charge on any atom is 0.145 e. The van der Waals surface area contributed by atoms with E-state index in [9.17, 15) is 0 Å². The molecule has 2 rings (SSSR count). The molecular formula is C12H21N5O2. The summed E-state index contributed by atoms with van der Waals surface area (Å²) in [6, 6.07) is 1.79. The first kappa shape index (κ1) is 14.0. The van der Waals surface area contributed by atoms with Gasteiger partial charge >= 0.3 is 0 Å². The second-order valence-corrected chi connectivity index (χ2v) is 4.53. The minimum absolute atomic E-state index is 0.0651. The molecule has 1 aliphatic carbocycles. The Hall–Kier alpha value is -1.44. The summed E-state index contributed by atoms with van der Waals surface area (Å²) in [5.74, 6) is 8.17. The van der Waals surface area contributed by atoms with Crippen LogP contribution in [0, 0.1) is 0 Å². The number of hydrogen-bond donors (Lipinski definition) is 4. The van der Waals surface area contributed by atoms with Crippen LogP contribution in [0.2, 0.25) is 0 Å². The molecule has 1 heterocycles. The first-order valence-corrected chi connectivity index (χ1v) is 6.61. The van der Waals surface area contributed by atoms with Gasteiger partial charge in [0, 0.05) is 25.1 Å². The maximum absolute atomic E-state index is 8.57. The molecule has 19 heavy (non-hydrogen) atoms. The van der Waals surface area contributed by atoms with Crippen molar-refractivity contribution in [1.29, 1.82) is 0 Å². The van der Waals surface area contributed by atoms with Gasteiger partial charge in [-0.1, -0.05) is 0 Å². The number of aliphatic hydroxyl groups excluding tert-OH is 1. The van der Waals surface area contributed by atoms with Gasteiger partial charge in [0.15, 0.2) is 0 Å². The summed E-state index contributed by atoms with van der Waals surface area (Å²) in [6.07, 6.45) is 3.17. The molecule has 0 atom stereocenters. The van der Waals surface area contributed by atoms with Gasteiger partial charge in [-0.25, -0.2) is 15.8 Å². The van der Waals surface area contributed by atoms with Crippen molar-refractivity contribution < 1.29 is 9.84 Å². The van der Waals surface area contributed by atoms with Gasteiger partial charge in [-0.2, -0.15) is 0 Å². The quantitative estimate of drug-likeness (QED) is 0.292.